The van der Waals surface area contributed by atoms with Gasteiger partial charge in [0.15, 0.2) is 0 Å². The van der Waals surface area contributed by atoms with E-state index in [2.05, 4.69) is 37.3 Å². The number of benzene rings is 1. The highest BCUT2D eigenvalue weighted by Crippen LogP contribution is 2.01. The van der Waals surface area contributed by atoms with Crippen molar-refractivity contribution in [3.8, 4) is 0 Å². The highest BCUT2D eigenvalue weighted by molar-refractivity contribution is 6.67. The highest BCUT2D eigenvalue weighted by atomic mass is 28.3. The van der Waals surface area contributed by atoms with Crippen LogP contribution < -0.4 is 5.19 Å². The topological polar surface area (TPSA) is 18.5 Å². The lowest BCUT2D eigenvalue weighted by atomic mass is 10.4. The molecular formula is C13H21O2Si. The molecule has 0 aromatic heterocycles. The third-order valence-electron chi connectivity index (χ3n) is 2.34. The van der Waals surface area contributed by atoms with Crippen molar-refractivity contribution in [2.45, 2.75) is 25.8 Å². The van der Waals surface area contributed by atoms with Gasteiger partial charge in [-0.1, -0.05) is 43.7 Å². The largest absolute Gasteiger partial charge is 0.412 e. The zero-order valence-corrected chi connectivity index (χ0v) is 11.2. The summed E-state index contributed by atoms with van der Waals surface area (Å²) in [6, 6.07) is 11.8. The number of methoxy groups -OCH3 is 1. The Morgan fingerprint density at radius 1 is 1.12 bits per heavy atom. The van der Waals surface area contributed by atoms with E-state index in [-0.39, 0.29) is 0 Å². The van der Waals surface area contributed by atoms with Crippen LogP contribution >= 0.6 is 0 Å². The fraction of sp³-hybridized carbons (Fsp3) is 0.538. The Kier molecular flexibility index (Phi) is 7.13. The first-order valence-corrected chi connectivity index (χ1v) is 7.53. The standard InChI is InChI=1S/C13H21O2Si/c1-3-12-16(15-11-7-10-14-2)13-8-5-4-6-9-13/h4-6,8-9H,3,7,10-12H2,1-2H3. The molecular weight excluding hydrogens is 216 g/mol. The Bertz CT molecular complexity index is 264. The molecule has 0 aliphatic carbocycles. The Labute approximate surface area is 100 Å². The minimum absolute atomic E-state index is 0.788. The molecule has 0 amide bonds. The van der Waals surface area contributed by atoms with E-state index in [9.17, 15) is 0 Å². The van der Waals surface area contributed by atoms with Gasteiger partial charge in [-0.25, -0.2) is 0 Å². The van der Waals surface area contributed by atoms with Crippen molar-refractivity contribution in [3.63, 3.8) is 0 Å². The van der Waals surface area contributed by atoms with Crippen molar-refractivity contribution in [2.75, 3.05) is 20.3 Å². The van der Waals surface area contributed by atoms with Crippen molar-refractivity contribution < 1.29 is 9.16 Å². The first-order valence-electron chi connectivity index (χ1n) is 5.91. The first-order chi connectivity index (χ1) is 7.88. The van der Waals surface area contributed by atoms with Crippen LogP contribution in [0.2, 0.25) is 6.04 Å². The summed E-state index contributed by atoms with van der Waals surface area (Å²) in [6.07, 6.45) is 2.18. The lowest BCUT2D eigenvalue weighted by molar-refractivity contribution is 0.172. The highest BCUT2D eigenvalue weighted by Gasteiger charge is 2.14. The van der Waals surface area contributed by atoms with E-state index < -0.39 is 9.04 Å². The second kappa shape index (κ2) is 8.50. The van der Waals surface area contributed by atoms with E-state index in [4.69, 9.17) is 9.16 Å². The van der Waals surface area contributed by atoms with E-state index in [1.807, 2.05) is 0 Å². The van der Waals surface area contributed by atoms with Crippen LogP contribution in [0.3, 0.4) is 0 Å². The molecule has 0 spiro atoms. The molecule has 3 heteroatoms. The predicted molar refractivity (Wildman–Crippen MR) is 69.4 cm³/mol. The molecule has 1 aromatic rings. The molecule has 0 bridgehead atoms. The zero-order chi connectivity index (χ0) is 11.6. The van der Waals surface area contributed by atoms with Crippen LogP contribution in [0.25, 0.3) is 0 Å². The summed E-state index contributed by atoms with van der Waals surface area (Å²) in [7, 11) is 0.922. The van der Waals surface area contributed by atoms with Crippen molar-refractivity contribution in [1.82, 2.24) is 0 Å². The number of ether oxygens (including phenoxy) is 1. The van der Waals surface area contributed by atoms with E-state index in [1.165, 1.54) is 17.7 Å². The summed E-state index contributed by atoms with van der Waals surface area (Å²) in [4.78, 5) is 0. The van der Waals surface area contributed by atoms with Gasteiger partial charge in [-0.05, 0) is 17.7 Å². The first kappa shape index (κ1) is 13.4. The van der Waals surface area contributed by atoms with Gasteiger partial charge >= 0.3 is 0 Å². The van der Waals surface area contributed by atoms with Crippen LogP contribution in [0.1, 0.15) is 19.8 Å². The number of hydrogen-bond acceptors (Lipinski definition) is 2. The summed E-state index contributed by atoms with van der Waals surface area (Å²) in [5.41, 5.74) is 0. The van der Waals surface area contributed by atoms with Crippen molar-refractivity contribution in [2.24, 2.45) is 0 Å². The quantitative estimate of drug-likeness (QED) is 0.510. The second-order valence-electron chi connectivity index (χ2n) is 3.73. The lowest BCUT2D eigenvalue weighted by Gasteiger charge is -2.14. The third-order valence-corrected chi connectivity index (χ3v) is 4.83. The molecule has 0 saturated heterocycles. The molecule has 0 saturated carbocycles. The van der Waals surface area contributed by atoms with E-state index in [1.54, 1.807) is 7.11 Å². The van der Waals surface area contributed by atoms with Gasteiger partial charge in [-0.2, -0.15) is 0 Å². The summed E-state index contributed by atoms with van der Waals surface area (Å²) in [5, 5.41) is 1.38. The van der Waals surface area contributed by atoms with Crippen LogP contribution in [0, 0.1) is 0 Å². The SMILES string of the molecule is CCC[Si](OCCCOC)c1ccccc1. The lowest BCUT2D eigenvalue weighted by Crippen LogP contribution is -2.33. The molecule has 89 valence electrons. The fourth-order valence-corrected chi connectivity index (χ4v) is 3.56. The van der Waals surface area contributed by atoms with Crippen LogP contribution in [0.4, 0.5) is 0 Å². The van der Waals surface area contributed by atoms with Crippen molar-refractivity contribution >= 4 is 14.2 Å². The molecule has 1 aromatic carbocycles. The second-order valence-corrected chi connectivity index (χ2v) is 5.95. The molecule has 0 atom stereocenters. The van der Waals surface area contributed by atoms with Gasteiger partial charge in [0.2, 0.25) is 9.04 Å². The molecule has 0 aliphatic heterocycles. The number of hydrogen-bond donors (Lipinski definition) is 0. The van der Waals surface area contributed by atoms with Crippen molar-refractivity contribution in [1.29, 1.82) is 0 Å². The van der Waals surface area contributed by atoms with Gasteiger partial charge < -0.3 is 9.16 Å². The molecule has 0 aliphatic rings. The number of rotatable bonds is 8. The minimum atomic E-state index is -0.809. The predicted octanol–water partition coefficient (Wildman–Crippen LogP) is 2.35. The Balaban J connectivity index is 2.41. The molecule has 1 radical (unpaired) electrons. The van der Waals surface area contributed by atoms with Gasteiger partial charge in [0.1, 0.15) is 0 Å². The molecule has 1 rings (SSSR count). The maximum Gasteiger partial charge on any atom is 0.246 e. The van der Waals surface area contributed by atoms with Crippen LogP contribution in [-0.4, -0.2) is 29.4 Å². The minimum Gasteiger partial charge on any atom is -0.412 e. The average Bonchev–Trinajstić information content (AvgIpc) is 2.34. The van der Waals surface area contributed by atoms with Gasteiger partial charge in [-0.15, -0.1) is 0 Å². The average molecular weight is 237 g/mol. The van der Waals surface area contributed by atoms with Crippen LogP contribution in [-0.2, 0) is 9.16 Å². The van der Waals surface area contributed by atoms with E-state index >= 15 is 0 Å². The monoisotopic (exact) mass is 237 g/mol. The maximum absolute atomic E-state index is 5.99. The molecule has 16 heavy (non-hydrogen) atoms. The molecule has 0 unspecified atom stereocenters. The van der Waals surface area contributed by atoms with Gasteiger partial charge in [0, 0.05) is 20.3 Å². The Hall–Kier alpha value is -0.643. The van der Waals surface area contributed by atoms with E-state index in [0.29, 0.717) is 0 Å². The molecule has 0 heterocycles. The van der Waals surface area contributed by atoms with Crippen molar-refractivity contribution in [3.05, 3.63) is 30.3 Å². The third kappa shape index (κ3) is 4.92. The summed E-state index contributed by atoms with van der Waals surface area (Å²) < 4.78 is 11.0. The molecule has 0 fully saturated rings. The normalized spacial score (nSPS) is 10.9. The smallest absolute Gasteiger partial charge is 0.246 e. The van der Waals surface area contributed by atoms with Gasteiger partial charge in [-0.3, -0.25) is 0 Å². The summed E-state index contributed by atoms with van der Waals surface area (Å²) >= 11 is 0. The zero-order valence-electron chi connectivity index (χ0n) is 10.2. The van der Waals surface area contributed by atoms with E-state index in [0.717, 1.165) is 19.6 Å². The Morgan fingerprint density at radius 2 is 1.88 bits per heavy atom. The molecule has 2 nitrogen and oxygen atoms in total. The van der Waals surface area contributed by atoms with Crippen LogP contribution in [0.15, 0.2) is 30.3 Å². The molecule has 0 N–H and O–H groups in total. The summed E-state index contributed by atoms with van der Waals surface area (Å²) in [6.45, 7) is 3.82. The Morgan fingerprint density at radius 3 is 2.50 bits per heavy atom. The van der Waals surface area contributed by atoms with Gasteiger partial charge in [0.05, 0.1) is 0 Å². The summed E-state index contributed by atoms with van der Waals surface area (Å²) in [5.74, 6) is 0. The fourth-order valence-electron chi connectivity index (χ4n) is 1.55. The van der Waals surface area contributed by atoms with Gasteiger partial charge in [0.25, 0.3) is 0 Å². The van der Waals surface area contributed by atoms with Crippen LogP contribution in [0.5, 0.6) is 0 Å². The maximum atomic E-state index is 5.99.